The summed E-state index contributed by atoms with van der Waals surface area (Å²) < 4.78 is 85.4. The molecule has 6 nitrogen and oxygen atoms in total. The number of benzene rings is 2. The number of amides is 2. The molecule has 0 aliphatic rings. The van der Waals surface area contributed by atoms with E-state index in [1.165, 1.54) is 36.5 Å². The van der Waals surface area contributed by atoms with Crippen molar-refractivity contribution < 1.29 is 40.7 Å². The topological polar surface area (TPSA) is 79.5 Å². The Morgan fingerprint density at radius 3 is 2.06 bits per heavy atom. The Hall–Kier alpha value is -3.44. The Labute approximate surface area is 172 Å². The summed E-state index contributed by atoms with van der Waals surface area (Å²) in [6.07, 6.45) is -10.3. The first kappa shape index (κ1) is 23.8. The van der Waals surface area contributed by atoms with E-state index in [1.807, 2.05) is 0 Å². The Morgan fingerprint density at radius 1 is 0.903 bits per heavy atom. The Balaban J connectivity index is 2.46. The summed E-state index contributed by atoms with van der Waals surface area (Å²) >= 11 is 0. The fourth-order valence-corrected chi connectivity index (χ4v) is 2.47. The molecule has 2 aromatic carbocycles. The minimum Gasteiger partial charge on any atom is -0.463 e. The molecule has 0 aliphatic carbocycles. The number of hydrogen-bond donors (Lipinski definition) is 3. The van der Waals surface area contributed by atoms with Gasteiger partial charge in [0.15, 0.2) is 0 Å². The van der Waals surface area contributed by atoms with E-state index >= 15 is 0 Å². The summed E-state index contributed by atoms with van der Waals surface area (Å²) in [6, 6.07) is 8.63. The molecule has 0 spiro atoms. The van der Waals surface area contributed by atoms with Gasteiger partial charge in [-0.25, -0.2) is 9.59 Å². The molecule has 0 radical (unpaired) electrons. The molecule has 0 bridgehead atoms. The number of carbonyl (C=O) groups is 2. The van der Waals surface area contributed by atoms with Crippen LogP contribution in [0.5, 0.6) is 0 Å². The second kappa shape index (κ2) is 9.14. The zero-order valence-electron chi connectivity index (χ0n) is 15.9. The van der Waals surface area contributed by atoms with Gasteiger partial charge >= 0.3 is 30.0 Å². The lowest BCUT2D eigenvalue weighted by atomic mass is 10.1. The number of para-hydroxylation sites is 1. The first-order chi connectivity index (χ1) is 14.4. The number of esters is 1. The lowest BCUT2D eigenvalue weighted by Gasteiger charge is -2.35. The van der Waals surface area contributed by atoms with Crippen molar-refractivity contribution in [3.8, 4) is 0 Å². The number of alkyl halides is 6. The zero-order chi connectivity index (χ0) is 23.3. The molecule has 12 heteroatoms. The molecule has 168 valence electrons. The van der Waals surface area contributed by atoms with Crippen molar-refractivity contribution in [2.24, 2.45) is 0 Å². The maximum atomic E-state index is 14.0. The van der Waals surface area contributed by atoms with E-state index in [-0.39, 0.29) is 5.69 Å². The van der Waals surface area contributed by atoms with Crippen LogP contribution in [0.15, 0.2) is 54.6 Å². The molecular formula is C19H17F6N3O3. The third-order valence-corrected chi connectivity index (χ3v) is 3.86. The van der Waals surface area contributed by atoms with Crippen LogP contribution in [-0.4, -0.2) is 30.4 Å². The van der Waals surface area contributed by atoms with Crippen molar-refractivity contribution in [2.75, 3.05) is 17.2 Å². The first-order valence-corrected chi connectivity index (χ1v) is 8.72. The van der Waals surface area contributed by atoms with Crippen LogP contribution >= 0.6 is 0 Å². The van der Waals surface area contributed by atoms with Crippen LogP contribution in [0, 0.1) is 0 Å². The number of hydrogen-bond acceptors (Lipinski definition) is 4. The summed E-state index contributed by atoms with van der Waals surface area (Å²) in [4.78, 5) is 24.6. The van der Waals surface area contributed by atoms with Crippen LogP contribution in [0.3, 0.4) is 0 Å². The molecule has 31 heavy (non-hydrogen) atoms. The predicted molar refractivity (Wildman–Crippen MR) is 99.1 cm³/mol. The Morgan fingerprint density at radius 2 is 1.52 bits per heavy atom. The predicted octanol–water partition coefficient (Wildman–Crippen LogP) is 4.76. The highest BCUT2D eigenvalue weighted by atomic mass is 19.4. The Kier molecular flexibility index (Phi) is 7.03. The summed E-state index contributed by atoms with van der Waals surface area (Å²) in [6.45, 7) is 0.746. The third-order valence-electron chi connectivity index (χ3n) is 3.86. The van der Waals surface area contributed by atoms with Gasteiger partial charge in [0.2, 0.25) is 0 Å². The van der Waals surface area contributed by atoms with Crippen LogP contribution < -0.4 is 16.0 Å². The SMILES string of the molecule is CCOC(=O)C(NC(=O)Nc1ccccc1)(Nc1cccc(C(F)(F)F)c1)C(F)(F)F. The van der Waals surface area contributed by atoms with Gasteiger partial charge < -0.3 is 15.4 Å². The van der Waals surface area contributed by atoms with E-state index in [9.17, 15) is 35.9 Å². The fourth-order valence-electron chi connectivity index (χ4n) is 2.47. The highest BCUT2D eigenvalue weighted by Gasteiger charge is 2.63. The molecule has 3 N–H and O–H groups in total. The largest absolute Gasteiger partial charge is 0.463 e. The van der Waals surface area contributed by atoms with Crippen molar-refractivity contribution in [3.05, 3.63) is 60.2 Å². The summed E-state index contributed by atoms with van der Waals surface area (Å²) in [7, 11) is 0. The molecule has 2 amide bonds. The van der Waals surface area contributed by atoms with Crippen molar-refractivity contribution in [2.45, 2.75) is 24.9 Å². The zero-order valence-corrected chi connectivity index (χ0v) is 15.9. The second-order valence-electron chi connectivity index (χ2n) is 6.12. The smallest absolute Gasteiger partial charge is 0.441 e. The first-order valence-electron chi connectivity index (χ1n) is 8.72. The van der Waals surface area contributed by atoms with Crippen LogP contribution in [0.25, 0.3) is 0 Å². The van der Waals surface area contributed by atoms with Crippen LogP contribution in [-0.2, 0) is 15.7 Å². The maximum Gasteiger partial charge on any atom is 0.441 e. The van der Waals surface area contributed by atoms with Crippen LogP contribution in [0.1, 0.15) is 12.5 Å². The number of urea groups is 1. The van der Waals surface area contributed by atoms with Gasteiger partial charge in [0.05, 0.1) is 12.2 Å². The normalized spacial score (nSPS) is 13.6. The lowest BCUT2D eigenvalue weighted by molar-refractivity contribution is -0.204. The van der Waals surface area contributed by atoms with E-state index in [0.717, 1.165) is 12.1 Å². The van der Waals surface area contributed by atoms with E-state index in [1.54, 1.807) is 11.4 Å². The van der Waals surface area contributed by atoms with E-state index in [2.05, 4.69) is 10.1 Å². The summed E-state index contributed by atoms with van der Waals surface area (Å²) in [5.41, 5.74) is -5.74. The minimum absolute atomic E-state index is 0.110. The molecule has 2 rings (SSSR count). The number of halogens is 6. The van der Waals surface area contributed by atoms with E-state index in [0.29, 0.717) is 12.1 Å². The maximum absolute atomic E-state index is 14.0. The third kappa shape index (κ3) is 5.80. The highest BCUT2D eigenvalue weighted by molar-refractivity contribution is 5.96. The highest BCUT2D eigenvalue weighted by Crippen LogP contribution is 2.35. The van der Waals surface area contributed by atoms with Gasteiger partial charge in [-0.3, -0.25) is 5.32 Å². The number of carbonyl (C=O) groups excluding carboxylic acids is 2. The number of ether oxygens (including phenoxy) is 1. The quantitative estimate of drug-likeness (QED) is 0.338. The molecule has 0 aliphatic heterocycles. The van der Waals surface area contributed by atoms with Gasteiger partial charge in [-0.15, -0.1) is 0 Å². The summed E-state index contributed by atoms with van der Waals surface area (Å²) in [5.74, 6) is -1.96. The molecule has 0 saturated carbocycles. The molecule has 2 aromatic rings. The number of nitrogens with one attached hydrogen (secondary N) is 3. The van der Waals surface area contributed by atoms with Gasteiger partial charge in [-0.05, 0) is 37.3 Å². The standard InChI is InChI=1S/C19H17F6N3O3/c1-2-31-15(29)17(19(23,24)25,28-16(30)26-13-8-4-3-5-9-13)27-14-10-6-7-12(11-14)18(20,21)22/h3-11,27H,2H2,1H3,(H2,26,28,30). The van der Waals surface area contributed by atoms with E-state index < -0.39 is 47.9 Å². The molecule has 0 saturated heterocycles. The van der Waals surface area contributed by atoms with Gasteiger partial charge in [-0.2, -0.15) is 26.3 Å². The summed E-state index contributed by atoms with van der Waals surface area (Å²) in [5, 5.41) is 5.25. The fraction of sp³-hybridized carbons (Fsp3) is 0.263. The van der Waals surface area contributed by atoms with E-state index in [4.69, 9.17) is 0 Å². The van der Waals surface area contributed by atoms with Crippen molar-refractivity contribution in [3.63, 3.8) is 0 Å². The molecular weight excluding hydrogens is 432 g/mol. The monoisotopic (exact) mass is 449 g/mol. The molecule has 1 unspecified atom stereocenters. The van der Waals surface area contributed by atoms with Crippen LogP contribution in [0.2, 0.25) is 0 Å². The Bertz CT molecular complexity index is 918. The van der Waals surface area contributed by atoms with Crippen LogP contribution in [0.4, 0.5) is 42.5 Å². The molecule has 0 fully saturated rings. The minimum atomic E-state index is -5.50. The average molecular weight is 449 g/mol. The number of anilines is 2. The molecule has 1 atom stereocenters. The second-order valence-corrected chi connectivity index (χ2v) is 6.12. The molecule has 0 heterocycles. The van der Waals surface area contributed by atoms with Crippen molar-refractivity contribution in [1.82, 2.24) is 5.32 Å². The van der Waals surface area contributed by atoms with Crippen molar-refractivity contribution in [1.29, 1.82) is 0 Å². The van der Waals surface area contributed by atoms with Crippen molar-refractivity contribution >= 4 is 23.4 Å². The molecule has 0 aromatic heterocycles. The van der Waals surface area contributed by atoms with Gasteiger partial charge in [-0.1, -0.05) is 24.3 Å². The lowest BCUT2D eigenvalue weighted by Crippen LogP contribution is -2.70. The van der Waals surface area contributed by atoms with Gasteiger partial charge in [0.25, 0.3) is 0 Å². The average Bonchev–Trinajstić information content (AvgIpc) is 2.67. The number of rotatable bonds is 6. The van der Waals surface area contributed by atoms with Gasteiger partial charge in [0.1, 0.15) is 0 Å². The van der Waals surface area contributed by atoms with Gasteiger partial charge in [0, 0.05) is 11.4 Å².